The highest BCUT2D eigenvalue weighted by Gasteiger charge is 2.37. The lowest BCUT2D eigenvalue weighted by Crippen LogP contribution is -2.61. The standard InChI is InChI=1S/C16H34N2.C8H17N/c1-6-7-8-9-10-11-17-14-12-15(2,3)18-16(4,5)13-14;1-3-9(4-2)8-6-5-7-8/h14,17-18H,6-13H2,1-5H3;8H,3-7H2,1-2H3. The fraction of sp³-hybridized carbons (Fsp3) is 1.00. The number of nitrogens with zero attached hydrogens (tertiary/aromatic N) is 1. The molecule has 0 radical (unpaired) electrons. The van der Waals surface area contributed by atoms with Crippen molar-refractivity contribution in [2.75, 3.05) is 19.6 Å². The maximum atomic E-state index is 3.77. The molecule has 0 unspecified atom stereocenters. The lowest BCUT2D eigenvalue weighted by Gasteiger charge is -2.46. The van der Waals surface area contributed by atoms with Crippen LogP contribution in [0.3, 0.4) is 0 Å². The molecule has 1 aliphatic carbocycles. The predicted octanol–water partition coefficient (Wildman–Crippen LogP) is 5.74. The normalized spacial score (nSPS) is 22.2. The summed E-state index contributed by atoms with van der Waals surface area (Å²) in [5.41, 5.74) is 0.531. The van der Waals surface area contributed by atoms with Crippen LogP contribution in [0.5, 0.6) is 0 Å². The van der Waals surface area contributed by atoms with E-state index in [1.54, 1.807) is 0 Å². The fourth-order valence-corrected chi connectivity index (χ4v) is 4.99. The molecule has 0 aromatic heterocycles. The van der Waals surface area contributed by atoms with E-state index in [1.165, 1.54) is 83.8 Å². The molecule has 1 saturated heterocycles. The molecule has 0 atom stereocenters. The topological polar surface area (TPSA) is 27.3 Å². The largest absolute Gasteiger partial charge is 0.314 e. The minimum atomic E-state index is 0.266. The Bertz CT molecular complexity index is 354. The van der Waals surface area contributed by atoms with Gasteiger partial charge in [0.05, 0.1) is 0 Å². The summed E-state index contributed by atoms with van der Waals surface area (Å²) in [6.07, 6.45) is 13.7. The first-order valence-corrected chi connectivity index (χ1v) is 12.0. The van der Waals surface area contributed by atoms with Gasteiger partial charge in [-0.15, -0.1) is 0 Å². The van der Waals surface area contributed by atoms with Gasteiger partial charge in [0, 0.05) is 23.2 Å². The molecular formula is C24H51N3. The number of hydrogen-bond donors (Lipinski definition) is 2. The molecule has 3 nitrogen and oxygen atoms in total. The van der Waals surface area contributed by atoms with Crippen LogP contribution in [0.15, 0.2) is 0 Å². The first kappa shape index (κ1) is 24.9. The van der Waals surface area contributed by atoms with Crippen molar-refractivity contribution >= 4 is 0 Å². The van der Waals surface area contributed by atoms with Gasteiger partial charge in [0.2, 0.25) is 0 Å². The number of rotatable bonds is 10. The van der Waals surface area contributed by atoms with Crippen molar-refractivity contribution < 1.29 is 0 Å². The second kappa shape index (κ2) is 12.4. The summed E-state index contributed by atoms with van der Waals surface area (Å²) in [4.78, 5) is 2.56. The lowest BCUT2D eigenvalue weighted by molar-refractivity contribution is 0.141. The molecular weight excluding hydrogens is 330 g/mol. The highest BCUT2D eigenvalue weighted by molar-refractivity contribution is 4.99. The Morgan fingerprint density at radius 1 is 0.852 bits per heavy atom. The number of nitrogens with one attached hydrogen (secondary N) is 2. The van der Waals surface area contributed by atoms with Crippen molar-refractivity contribution in [3.63, 3.8) is 0 Å². The lowest BCUT2D eigenvalue weighted by atomic mass is 9.79. The first-order chi connectivity index (χ1) is 12.7. The summed E-state index contributed by atoms with van der Waals surface area (Å²) in [7, 11) is 0. The van der Waals surface area contributed by atoms with Crippen LogP contribution < -0.4 is 10.6 Å². The zero-order valence-electron chi connectivity index (χ0n) is 19.8. The van der Waals surface area contributed by atoms with Gasteiger partial charge in [-0.1, -0.05) is 52.9 Å². The van der Waals surface area contributed by atoms with Gasteiger partial charge in [0.25, 0.3) is 0 Å². The van der Waals surface area contributed by atoms with E-state index in [9.17, 15) is 0 Å². The second-order valence-electron chi connectivity index (χ2n) is 10.2. The average Bonchev–Trinajstić information content (AvgIpc) is 2.51. The van der Waals surface area contributed by atoms with Crippen molar-refractivity contribution in [1.29, 1.82) is 0 Å². The molecule has 0 bridgehead atoms. The van der Waals surface area contributed by atoms with Crippen LogP contribution in [0.25, 0.3) is 0 Å². The van der Waals surface area contributed by atoms with Crippen LogP contribution >= 0.6 is 0 Å². The van der Waals surface area contributed by atoms with Crippen LogP contribution in [0.2, 0.25) is 0 Å². The third-order valence-corrected chi connectivity index (χ3v) is 6.31. The van der Waals surface area contributed by atoms with Gasteiger partial charge in [0.15, 0.2) is 0 Å². The SMILES string of the molecule is CCCCCCCNC1CC(C)(C)NC(C)(C)C1.CCN(CC)C1CCC1. The molecule has 162 valence electrons. The van der Waals surface area contributed by atoms with E-state index in [2.05, 4.69) is 64.0 Å². The number of piperidine rings is 1. The third-order valence-electron chi connectivity index (χ3n) is 6.31. The molecule has 2 fully saturated rings. The summed E-state index contributed by atoms with van der Waals surface area (Å²) in [6, 6.07) is 1.63. The van der Waals surface area contributed by atoms with Gasteiger partial charge < -0.3 is 15.5 Å². The van der Waals surface area contributed by atoms with E-state index in [1.807, 2.05) is 0 Å². The molecule has 0 aromatic carbocycles. The smallest absolute Gasteiger partial charge is 0.0144 e. The fourth-order valence-electron chi connectivity index (χ4n) is 4.99. The monoisotopic (exact) mass is 381 g/mol. The zero-order valence-corrected chi connectivity index (χ0v) is 19.8. The van der Waals surface area contributed by atoms with Crippen molar-refractivity contribution in [2.24, 2.45) is 0 Å². The van der Waals surface area contributed by atoms with Crippen LogP contribution in [-0.2, 0) is 0 Å². The zero-order chi connectivity index (χ0) is 20.3. The van der Waals surface area contributed by atoms with Crippen molar-refractivity contribution in [3.05, 3.63) is 0 Å². The average molecular weight is 382 g/mol. The van der Waals surface area contributed by atoms with Gasteiger partial charge in [-0.2, -0.15) is 0 Å². The van der Waals surface area contributed by atoms with E-state index in [4.69, 9.17) is 0 Å². The van der Waals surface area contributed by atoms with Crippen molar-refractivity contribution in [2.45, 2.75) is 136 Å². The minimum Gasteiger partial charge on any atom is -0.314 e. The van der Waals surface area contributed by atoms with Gasteiger partial charge in [-0.3, -0.25) is 0 Å². The predicted molar refractivity (Wildman–Crippen MR) is 122 cm³/mol. The molecule has 3 heteroatoms. The molecule has 1 saturated carbocycles. The Labute approximate surface area is 171 Å². The van der Waals surface area contributed by atoms with E-state index in [0.29, 0.717) is 6.04 Å². The van der Waals surface area contributed by atoms with Gasteiger partial charge >= 0.3 is 0 Å². The van der Waals surface area contributed by atoms with E-state index in [-0.39, 0.29) is 11.1 Å². The highest BCUT2D eigenvalue weighted by atomic mass is 15.1. The van der Waals surface area contributed by atoms with Crippen LogP contribution in [0.4, 0.5) is 0 Å². The molecule has 2 N–H and O–H groups in total. The van der Waals surface area contributed by atoms with Gasteiger partial charge in [0.1, 0.15) is 0 Å². The summed E-state index contributed by atoms with van der Waals surface area (Å²) >= 11 is 0. The Kier molecular flexibility index (Phi) is 11.5. The maximum absolute atomic E-state index is 3.77. The number of unbranched alkanes of at least 4 members (excludes halogenated alkanes) is 4. The molecule has 0 aromatic rings. The van der Waals surface area contributed by atoms with Crippen LogP contribution in [0, 0.1) is 0 Å². The van der Waals surface area contributed by atoms with Gasteiger partial charge in [-0.05, 0) is 79.4 Å². The molecule has 1 aliphatic heterocycles. The van der Waals surface area contributed by atoms with Crippen molar-refractivity contribution in [3.8, 4) is 0 Å². The summed E-state index contributed by atoms with van der Waals surface area (Å²) in [5, 5.41) is 7.51. The minimum absolute atomic E-state index is 0.266. The third kappa shape index (κ3) is 10.3. The van der Waals surface area contributed by atoms with Crippen LogP contribution in [0.1, 0.15) is 113 Å². The number of hydrogen-bond acceptors (Lipinski definition) is 3. The Balaban J connectivity index is 0.000000337. The van der Waals surface area contributed by atoms with Crippen LogP contribution in [-0.4, -0.2) is 47.7 Å². The van der Waals surface area contributed by atoms with E-state index in [0.717, 1.165) is 6.04 Å². The Hall–Kier alpha value is -0.120. The summed E-state index contributed by atoms with van der Waals surface area (Å²) in [6.45, 7) is 19.7. The molecule has 2 rings (SSSR count). The Morgan fingerprint density at radius 2 is 1.41 bits per heavy atom. The quantitative estimate of drug-likeness (QED) is 0.473. The van der Waals surface area contributed by atoms with E-state index >= 15 is 0 Å². The molecule has 0 spiro atoms. The molecule has 27 heavy (non-hydrogen) atoms. The first-order valence-electron chi connectivity index (χ1n) is 12.0. The van der Waals surface area contributed by atoms with E-state index < -0.39 is 0 Å². The summed E-state index contributed by atoms with van der Waals surface area (Å²) in [5.74, 6) is 0. The molecule has 2 aliphatic rings. The highest BCUT2D eigenvalue weighted by Crippen LogP contribution is 2.28. The van der Waals surface area contributed by atoms with Crippen molar-refractivity contribution in [1.82, 2.24) is 15.5 Å². The summed E-state index contributed by atoms with van der Waals surface area (Å²) < 4.78 is 0. The Morgan fingerprint density at radius 3 is 1.81 bits per heavy atom. The maximum Gasteiger partial charge on any atom is 0.0144 e. The molecule has 0 amide bonds. The molecule has 1 heterocycles. The van der Waals surface area contributed by atoms with Gasteiger partial charge in [-0.25, -0.2) is 0 Å². The second-order valence-corrected chi connectivity index (χ2v) is 10.2.